The first kappa shape index (κ1) is 26.9. The minimum atomic E-state index is -0.768. The standard InChI is InChI=1S/C27H31NO5S3/c1-27(2)23(34)20(26-35-21(24(30)32-3)22(36-26)25(31)33-4)17-12-8-9-13-18(17)28(27)19(29)15-14-16-10-6-5-7-11-16/h8-9,12-13,16H,5-7,10-11,14-15H2,1-4H3. The monoisotopic (exact) mass is 545 g/mol. The van der Waals surface area contributed by atoms with Crippen LogP contribution in [0.4, 0.5) is 5.69 Å². The molecule has 1 aromatic carbocycles. The summed E-state index contributed by atoms with van der Waals surface area (Å²) in [5.74, 6) is -0.518. The van der Waals surface area contributed by atoms with Crippen molar-refractivity contribution >= 4 is 69.7 Å². The molecule has 36 heavy (non-hydrogen) atoms. The van der Waals surface area contributed by atoms with Gasteiger partial charge in [-0.15, -0.1) is 0 Å². The van der Waals surface area contributed by atoms with E-state index in [0.717, 1.165) is 46.8 Å². The molecule has 1 fully saturated rings. The van der Waals surface area contributed by atoms with Crippen LogP contribution in [-0.4, -0.2) is 42.5 Å². The van der Waals surface area contributed by atoms with Crippen LogP contribution in [-0.2, 0) is 23.9 Å². The highest BCUT2D eigenvalue weighted by atomic mass is 32.2. The van der Waals surface area contributed by atoms with Crippen LogP contribution < -0.4 is 4.90 Å². The summed E-state index contributed by atoms with van der Waals surface area (Å²) in [5, 5.41) is 0. The van der Waals surface area contributed by atoms with Crippen LogP contribution in [0.15, 0.2) is 38.3 Å². The highest BCUT2D eigenvalue weighted by Gasteiger charge is 2.45. The molecule has 3 aliphatic rings. The Morgan fingerprint density at radius 2 is 1.58 bits per heavy atom. The van der Waals surface area contributed by atoms with E-state index in [1.54, 1.807) is 0 Å². The SMILES string of the molecule is COC(=O)C1=C(C(=O)OC)SC(=C2C(=S)C(C)(C)N(C(=O)CCC3CCCCC3)c3ccccc32)S1. The number of rotatable bonds is 5. The van der Waals surface area contributed by atoms with E-state index in [-0.39, 0.29) is 15.7 Å². The average Bonchev–Trinajstić information content (AvgIpc) is 3.32. The van der Waals surface area contributed by atoms with Crippen LogP contribution in [0.25, 0.3) is 5.57 Å². The number of hydrogen-bond donors (Lipinski definition) is 0. The number of ether oxygens (including phenoxy) is 2. The molecular formula is C27H31NO5S3. The van der Waals surface area contributed by atoms with Gasteiger partial charge in [-0.25, -0.2) is 9.59 Å². The van der Waals surface area contributed by atoms with Crippen LogP contribution in [0.1, 0.15) is 64.4 Å². The van der Waals surface area contributed by atoms with Crippen molar-refractivity contribution in [1.82, 2.24) is 0 Å². The van der Waals surface area contributed by atoms with Gasteiger partial charge in [-0.05, 0) is 32.3 Å². The summed E-state index contributed by atoms with van der Waals surface area (Å²) in [6.45, 7) is 3.93. The average molecular weight is 546 g/mol. The number of benzene rings is 1. The first-order valence-corrected chi connectivity index (χ1v) is 14.2. The van der Waals surface area contributed by atoms with E-state index in [4.69, 9.17) is 21.7 Å². The lowest BCUT2D eigenvalue weighted by Crippen LogP contribution is -2.56. The van der Waals surface area contributed by atoms with Crippen molar-refractivity contribution in [3.63, 3.8) is 0 Å². The maximum absolute atomic E-state index is 13.7. The predicted molar refractivity (Wildman–Crippen MR) is 150 cm³/mol. The second-order valence-corrected chi connectivity index (χ2v) is 12.4. The molecule has 6 nitrogen and oxygen atoms in total. The van der Waals surface area contributed by atoms with Crippen molar-refractivity contribution in [3.05, 3.63) is 43.9 Å². The third kappa shape index (κ3) is 5.02. The van der Waals surface area contributed by atoms with Gasteiger partial charge in [0.05, 0.1) is 34.5 Å². The molecule has 1 saturated carbocycles. The fourth-order valence-electron chi connectivity index (χ4n) is 5.13. The molecule has 0 aromatic heterocycles. The Bertz CT molecular complexity index is 1130. The number of esters is 2. The minimum absolute atomic E-state index is 0.0692. The normalized spacial score (nSPS) is 19.9. The molecule has 1 amide bonds. The molecule has 0 N–H and O–H groups in total. The smallest absolute Gasteiger partial charge is 0.346 e. The molecule has 9 heteroatoms. The number of carbonyl (C=O) groups excluding carboxylic acids is 3. The zero-order valence-corrected chi connectivity index (χ0v) is 23.5. The van der Waals surface area contributed by atoms with Gasteiger partial charge < -0.3 is 14.4 Å². The molecule has 2 heterocycles. The van der Waals surface area contributed by atoms with Crippen LogP contribution >= 0.6 is 35.7 Å². The number of thiocarbonyl (C=S) groups is 1. The topological polar surface area (TPSA) is 72.9 Å². The number of nitrogens with zero attached hydrogens (tertiary/aromatic N) is 1. The van der Waals surface area contributed by atoms with Gasteiger partial charge in [-0.1, -0.05) is 86.0 Å². The number of thioether (sulfide) groups is 2. The summed E-state index contributed by atoms with van der Waals surface area (Å²) < 4.78 is 10.5. The lowest BCUT2D eigenvalue weighted by molar-refractivity contribution is -0.138. The summed E-state index contributed by atoms with van der Waals surface area (Å²) in [5.41, 5.74) is 1.60. The number of carbonyl (C=O) groups is 3. The summed E-state index contributed by atoms with van der Waals surface area (Å²) in [6, 6.07) is 7.71. The van der Waals surface area contributed by atoms with Crippen molar-refractivity contribution in [2.75, 3.05) is 19.1 Å². The van der Waals surface area contributed by atoms with Crippen molar-refractivity contribution in [2.24, 2.45) is 5.92 Å². The van der Waals surface area contributed by atoms with Gasteiger partial charge in [0.15, 0.2) is 0 Å². The predicted octanol–water partition coefficient (Wildman–Crippen LogP) is 6.25. The van der Waals surface area contributed by atoms with E-state index >= 15 is 0 Å². The van der Waals surface area contributed by atoms with E-state index in [9.17, 15) is 14.4 Å². The maximum atomic E-state index is 13.7. The van der Waals surface area contributed by atoms with Crippen LogP contribution in [0.2, 0.25) is 0 Å². The van der Waals surface area contributed by atoms with Gasteiger partial charge in [0, 0.05) is 17.6 Å². The second-order valence-electron chi connectivity index (χ2n) is 9.69. The fourth-order valence-corrected chi connectivity index (χ4v) is 8.16. The number of hydrogen-bond acceptors (Lipinski definition) is 8. The van der Waals surface area contributed by atoms with E-state index in [2.05, 4.69) is 0 Å². The molecule has 0 bridgehead atoms. The molecule has 0 saturated heterocycles. The zero-order chi connectivity index (χ0) is 26.0. The third-order valence-electron chi connectivity index (χ3n) is 7.04. The van der Waals surface area contributed by atoms with Gasteiger partial charge in [0.1, 0.15) is 9.81 Å². The van der Waals surface area contributed by atoms with E-state index in [1.807, 2.05) is 43.0 Å². The number of para-hydroxylation sites is 1. The molecule has 192 valence electrons. The van der Waals surface area contributed by atoms with Gasteiger partial charge in [0.2, 0.25) is 5.91 Å². The zero-order valence-electron chi connectivity index (χ0n) is 21.0. The Labute approximate surface area is 226 Å². The largest absolute Gasteiger partial charge is 0.465 e. The Morgan fingerprint density at radius 3 is 2.17 bits per heavy atom. The van der Waals surface area contributed by atoms with Crippen LogP contribution in [0, 0.1) is 5.92 Å². The molecule has 1 aromatic rings. The highest BCUT2D eigenvalue weighted by Crippen LogP contribution is 2.56. The molecule has 1 aliphatic carbocycles. The number of anilines is 1. The van der Waals surface area contributed by atoms with Crippen molar-refractivity contribution in [2.45, 2.75) is 64.3 Å². The Balaban J connectivity index is 1.72. The number of fused-ring (bicyclic) bond motifs is 1. The van der Waals surface area contributed by atoms with Crippen LogP contribution in [0.3, 0.4) is 0 Å². The number of amides is 1. The van der Waals surface area contributed by atoms with Crippen molar-refractivity contribution in [3.8, 4) is 0 Å². The van der Waals surface area contributed by atoms with Gasteiger partial charge in [0.25, 0.3) is 0 Å². The number of methoxy groups -OCH3 is 2. The molecule has 0 spiro atoms. The van der Waals surface area contributed by atoms with Crippen LogP contribution in [0.5, 0.6) is 0 Å². The molecular weight excluding hydrogens is 515 g/mol. The third-order valence-corrected chi connectivity index (χ3v) is 10.3. The first-order chi connectivity index (χ1) is 17.2. The summed E-state index contributed by atoms with van der Waals surface area (Å²) in [6.07, 6.45) is 7.59. The fraction of sp³-hybridized carbons (Fsp3) is 0.481. The summed E-state index contributed by atoms with van der Waals surface area (Å²) in [7, 11) is 2.56. The van der Waals surface area contributed by atoms with Gasteiger partial charge >= 0.3 is 11.9 Å². The Hall–Kier alpha value is -2.10. The molecule has 2 aliphatic heterocycles. The summed E-state index contributed by atoms with van der Waals surface area (Å²) >= 11 is 8.35. The molecule has 0 unspecified atom stereocenters. The van der Waals surface area contributed by atoms with E-state index in [1.165, 1.54) is 46.3 Å². The highest BCUT2D eigenvalue weighted by molar-refractivity contribution is 8.29. The van der Waals surface area contributed by atoms with Crippen molar-refractivity contribution < 1.29 is 23.9 Å². The van der Waals surface area contributed by atoms with E-state index in [0.29, 0.717) is 21.4 Å². The molecule has 4 rings (SSSR count). The quantitative estimate of drug-likeness (QED) is 0.244. The van der Waals surface area contributed by atoms with Crippen molar-refractivity contribution in [1.29, 1.82) is 0 Å². The lowest BCUT2D eigenvalue weighted by atomic mass is 9.82. The van der Waals surface area contributed by atoms with Gasteiger partial charge in [-0.3, -0.25) is 4.79 Å². The Kier molecular flexibility index (Phi) is 8.32. The Morgan fingerprint density at radius 1 is 1.00 bits per heavy atom. The lowest BCUT2D eigenvalue weighted by Gasteiger charge is -2.45. The molecule has 0 atom stereocenters. The first-order valence-electron chi connectivity index (χ1n) is 12.2. The van der Waals surface area contributed by atoms with E-state index < -0.39 is 17.5 Å². The maximum Gasteiger partial charge on any atom is 0.346 e. The molecule has 0 radical (unpaired) electrons. The minimum Gasteiger partial charge on any atom is -0.465 e. The second kappa shape index (κ2) is 11.1. The summed E-state index contributed by atoms with van der Waals surface area (Å²) in [4.78, 5) is 41.3. The van der Waals surface area contributed by atoms with Gasteiger partial charge in [-0.2, -0.15) is 0 Å².